The van der Waals surface area contributed by atoms with Crippen LogP contribution in [0, 0.1) is 5.82 Å². The van der Waals surface area contributed by atoms with Crippen molar-refractivity contribution < 1.29 is 41.4 Å². The minimum Gasteiger partial charge on any atom is -0.484 e. The van der Waals surface area contributed by atoms with Crippen molar-refractivity contribution in [3.05, 3.63) is 52.7 Å². The lowest BCUT2D eigenvalue weighted by Gasteiger charge is -2.13. The highest BCUT2D eigenvalue weighted by atomic mass is 35.5. The first kappa shape index (κ1) is 23.5. The van der Waals surface area contributed by atoms with Crippen LogP contribution in [-0.4, -0.2) is 42.7 Å². The van der Waals surface area contributed by atoms with Crippen molar-refractivity contribution in [2.24, 2.45) is 0 Å². The summed E-state index contributed by atoms with van der Waals surface area (Å²) in [7, 11) is 0. The van der Waals surface area contributed by atoms with Gasteiger partial charge in [0.25, 0.3) is 11.8 Å². The van der Waals surface area contributed by atoms with Gasteiger partial charge in [0.05, 0.1) is 16.7 Å². The van der Waals surface area contributed by atoms with Crippen molar-refractivity contribution in [1.29, 1.82) is 0 Å². The molecule has 0 aliphatic rings. The Morgan fingerprint density at radius 1 is 1.23 bits per heavy atom. The smallest absolute Gasteiger partial charge is 0.449 e. The van der Waals surface area contributed by atoms with Gasteiger partial charge >= 0.3 is 6.18 Å². The summed E-state index contributed by atoms with van der Waals surface area (Å²) >= 11 is 5.53. The minimum atomic E-state index is -4.70. The van der Waals surface area contributed by atoms with E-state index in [9.17, 15) is 32.3 Å². The molecule has 1 aromatic carbocycles. The van der Waals surface area contributed by atoms with Gasteiger partial charge in [-0.05, 0) is 18.6 Å². The molecule has 0 spiro atoms. The molecular formula is C18H17ClF4N2O5. The van der Waals surface area contributed by atoms with Crippen LogP contribution < -0.4 is 15.4 Å². The fourth-order valence-electron chi connectivity index (χ4n) is 2.16. The molecule has 30 heavy (non-hydrogen) atoms. The average molecular weight is 453 g/mol. The van der Waals surface area contributed by atoms with Gasteiger partial charge in [0.15, 0.2) is 6.61 Å². The highest BCUT2D eigenvalue weighted by Gasteiger charge is 2.35. The Kier molecular flexibility index (Phi) is 8.07. The van der Waals surface area contributed by atoms with Crippen LogP contribution in [0.5, 0.6) is 5.75 Å². The van der Waals surface area contributed by atoms with Crippen LogP contribution in [0.1, 0.15) is 22.5 Å². The highest BCUT2D eigenvalue weighted by molar-refractivity contribution is 6.30. The number of hydrogen-bond acceptors (Lipinski definition) is 5. The Balaban J connectivity index is 1.65. The van der Waals surface area contributed by atoms with Crippen molar-refractivity contribution in [2.45, 2.75) is 18.7 Å². The standard InChI is InChI=1S/C18H17ClF4N2O5/c19-13-2-1-12(6-14(13)20)29-9-16(27)25-7-11(26)3-4-24-17(28)10-5-15(30-8-10)18(21,22)23/h1-2,5-6,8,11,26H,3-4,7,9H2,(H,24,28)(H,25,27). The Labute approximate surface area is 172 Å². The SMILES string of the molecule is O=C(COc1ccc(Cl)c(F)c1)NCC(O)CCNC(=O)c1coc(C(F)(F)F)c1. The van der Waals surface area contributed by atoms with E-state index in [-0.39, 0.29) is 35.8 Å². The third-order valence-electron chi connectivity index (χ3n) is 3.70. The van der Waals surface area contributed by atoms with Crippen LogP contribution in [0.2, 0.25) is 5.02 Å². The van der Waals surface area contributed by atoms with E-state index in [4.69, 9.17) is 16.3 Å². The molecule has 0 saturated heterocycles. The molecule has 0 aliphatic carbocycles. The maximum absolute atomic E-state index is 13.3. The number of nitrogens with one attached hydrogen (secondary N) is 2. The summed E-state index contributed by atoms with van der Waals surface area (Å²) in [4.78, 5) is 23.4. The maximum atomic E-state index is 13.3. The maximum Gasteiger partial charge on any atom is 0.449 e. The molecule has 1 atom stereocenters. The average Bonchev–Trinajstić information content (AvgIpc) is 3.18. The number of benzene rings is 1. The molecule has 7 nitrogen and oxygen atoms in total. The first-order chi connectivity index (χ1) is 14.1. The molecule has 0 radical (unpaired) electrons. The lowest BCUT2D eigenvalue weighted by atomic mass is 10.2. The normalized spacial score (nSPS) is 12.3. The van der Waals surface area contributed by atoms with E-state index in [1.165, 1.54) is 12.1 Å². The van der Waals surface area contributed by atoms with E-state index in [1.54, 1.807) is 0 Å². The van der Waals surface area contributed by atoms with Gasteiger partial charge in [0.1, 0.15) is 17.8 Å². The molecule has 1 aromatic heterocycles. The Hall–Kier alpha value is -2.79. The molecule has 1 unspecified atom stereocenters. The second kappa shape index (κ2) is 10.3. The van der Waals surface area contributed by atoms with Crippen LogP contribution in [0.3, 0.4) is 0 Å². The zero-order valence-electron chi connectivity index (χ0n) is 15.3. The second-order valence-electron chi connectivity index (χ2n) is 6.06. The van der Waals surface area contributed by atoms with Gasteiger partial charge in [-0.15, -0.1) is 0 Å². The predicted molar refractivity (Wildman–Crippen MR) is 96.6 cm³/mol. The quantitative estimate of drug-likeness (QED) is 0.508. The number of carbonyl (C=O) groups is 2. The van der Waals surface area contributed by atoms with Gasteiger partial charge in [-0.2, -0.15) is 13.2 Å². The van der Waals surface area contributed by atoms with Crippen molar-refractivity contribution in [3.63, 3.8) is 0 Å². The summed E-state index contributed by atoms with van der Waals surface area (Å²) in [5.41, 5.74) is -0.305. The van der Waals surface area contributed by atoms with Crippen molar-refractivity contribution in [3.8, 4) is 5.75 Å². The van der Waals surface area contributed by atoms with Crippen molar-refractivity contribution in [1.82, 2.24) is 10.6 Å². The number of hydrogen-bond donors (Lipinski definition) is 3. The molecule has 3 N–H and O–H groups in total. The lowest BCUT2D eigenvalue weighted by Crippen LogP contribution is -2.37. The van der Waals surface area contributed by atoms with Crippen LogP contribution in [0.15, 0.2) is 34.9 Å². The fraction of sp³-hybridized carbons (Fsp3) is 0.333. The van der Waals surface area contributed by atoms with Crippen LogP contribution >= 0.6 is 11.6 Å². The number of carbonyl (C=O) groups excluding carboxylic acids is 2. The van der Waals surface area contributed by atoms with E-state index >= 15 is 0 Å². The van der Waals surface area contributed by atoms with Gasteiger partial charge in [-0.3, -0.25) is 9.59 Å². The summed E-state index contributed by atoms with van der Waals surface area (Å²) in [6.45, 7) is -0.632. The summed E-state index contributed by atoms with van der Waals surface area (Å²) in [5.74, 6) is -3.26. The predicted octanol–water partition coefficient (Wildman–Crippen LogP) is 2.77. The molecule has 2 amide bonds. The van der Waals surface area contributed by atoms with Crippen LogP contribution in [0.4, 0.5) is 17.6 Å². The third kappa shape index (κ3) is 7.23. The first-order valence-corrected chi connectivity index (χ1v) is 8.90. The van der Waals surface area contributed by atoms with E-state index in [1.807, 2.05) is 0 Å². The Morgan fingerprint density at radius 2 is 1.97 bits per heavy atom. The van der Waals surface area contributed by atoms with Crippen LogP contribution in [0.25, 0.3) is 0 Å². The largest absolute Gasteiger partial charge is 0.484 e. The van der Waals surface area contributed by atoms with Crippen molar-refractivity contribution >= 4 is 23.4 Å². The van der Waals surface area contributed by atoms with E-state index in [2.05, 4.69) is 15.1 Å². The molecule has 0 aliphatic heterocycles. The second-order valence-corrected chi connectivity index (χ2v) is 6.47. The molecule has 164 valence electrons. The van der Waals surface area contributed by atoms with Crippen molar-refractivity contribution in [2.75, 3.05) is 19.7 Å². The lowest BCUT2D eigenvalue weighted by molar-refractivity contribution is -0.153. The van der Waals surface area contributed by atoms with Gasteiger partial charge in [-0.25, -0.2) is 4.39 Å². The number of aliphatic hydroxyl groups is 1. The number of rotatable bonds is 9. The summed E-state index contributed by atoms with van der Waals surface area (Å²) in [6.07, 6.45) is -5.02. The molecule has 0 fully saturated rings. The minimum absolute atomic E-state index is 0.0270. The Morgan fingerprint density at radius 3 is 2.60 bits per heavy atom. The van der Waals surface area contributed by atoms with E-state index in [0.717, 1.165) is 6.07 Å². The summed E-state index contributed by atoms with van der Waals surface area (Å²) in [6, 6.07) is 4.24. The molecule has 2 rings (SSSR count). The molecular weight excluding hydrogens is 436 g/mol. The monoisotopic (exact) mass is 452 g/mol. The van der Waals surface area contributed by atoms with Gasteiger partial charge in [0.2, 0.25) is 5.76 Å². The Bertz CT molecular complexity index is 888. The molecule has 0 bridgehead atoms. The van der Waals surface area contributed by atoms with Crippen LogP contribution in [-0.2, 0) is 11.0 Å². The highest BCUT2D eigenvalue weighted by Crippen LogP contribution is 2.30. The van der Waals surface area contributed by atoms with Gasteiger partial charge in [-0.1, -0.05) is 11.6 Å². The zero-order chi connectivity index (χ0) is 22.3. The number of aliphatic hydroxyl groups excluding tert-OH is 1. The molecule has 0 saturated carbocycles. The number of furan rings is 1. The third-order valence-corrected chi connectivity index (χ3v) is 4.01. The molecule has 2 aromatic rings. The summed E-state index contributed by atoms with van der Waals surface area (Å²) < 4.78 is 59.9. The number of amides is 2. The number of alkyl halides is 3. The molecule has 1 heterocycles. The van der Waals surface area contributed by atoms with Gasteiger partial charge < -0.3 is 24.9 Å². The zero-order valence-corrected chi connectivity index (χ0v) is 16.0. The summed E-state index contributed by atoms with van der Waals surface area (Å²) in [5, 5.41) is 14.4. The fourth-order valence-corrected chi connectivity index (χ4v) is 2.28. The van der Waals surface area contributed by atoms with E-state index in [0.29, 0.717) is 12.3 Å². The molecule has 12 heteroatoms. The first-order valence-electron chi connectivity index (χ1n) is 8.53. The number of halogens is 5. The van der Waals surface area contributed by atoms with E-state index < -0.39 is 42.3 Å². The topological polar surface area (TPSA) is 101 Å². The van der Waals surface area contributed by atoms with Gasteiger partial charge in [0, 0.05) is 25.2 Å². The number of ether oxygens (including phenoxy) is 1.